The fourth-order valence-electron chi connectivity index (χ4n) is 9.02. The molecule has 3 heterocycles. The van der Waals surface area contributed by atoms with Crippen molar-refractivity contribution in [3.8, 4) is 67.8 Å². The van der Waals surface area contributed by atoms with E-state index in [1.165, 1.54) is 21.9 Å². The summed E-state index contributed by atoms with van der Waals surface area (Å²) in [6.07, 6.45) is 0. The third-order valence-corrected chi connectivity index (χ3v) is 12.0. The molecule has 0 amide bonds. The van der Waals surface area contributed by atoms with Crippen molar-refractivity contribution in [1.82, 2.24) is 24.1 Å². The van der Waals surface area contributed by atoms with Crippen molar-refractivity contribution in [2.45, 2.75) is 0 Å². The second-order valence-corrected chi connectivity index (χ2v) is 15.6. The molecule has 290 valence electrons. The summed E-state index contributed by atoms with van der Waals surface area (Å²) in [7, 11) is 0. The van der Waals surface area contributed by atoms with Crippen LogP contribution in [-0.2, 0) is 0 Å². The van der Waals surface area contributed by atoms with Gasteiger partial charge < -0.3 is 4.57 Å². The van der Waals surface area contributed by atoms with E-state index in [4.69, 9.17) is 15.0 Å². The third kappa shape index (κ3) is 5.98. The monoisotopic (exact) mass is 791 g/mol. The molecule has 5 heteroatoms. The average Bonchev–Trinajstić information content (AvgIpc) is 3.88. The molecule has 0 aliphatic heterocycles. The van der Waals surface area contributed by atoms with Gasteiger partial charge in [-0.15, -0.1) is 0 Å². The van der Waals surface area contributed by atoms with Crippen LogP contribution >= 0.6 is 0 Å². The van der Waals surface area contributed by atoms with Crippen molar-refractivity contribution < 1.29 is 0 Å². The molecule has 3 aromatic heterocycles. The first kappa shape index (κ1) is 35.5. The molecule has 0 aliphatic carbocycles. The van der Waals surface area contributed by atoms with Gasteiger partial charge in [0, 0.05) is 38.4 Å². The van der Waals surface area contributed by atoms with Crippen LogP contribution in [0.5, 0.6) is 0 Å². The van der Waals surface area contributed by atoms with E-state index in [2.05, 4.69) is 221 Å². The normalized spacial score (nSPS) is 11.5. The SMILES string of the molecule is c1ccc(-c2ccc(-c3ccc(-c4nc(-c5ccc(-c6ccccc6)cc5)nc(-n5c6ccccc6c6ccc7c8ccccc8n(-c8ccccc8)c7c65)n4)cc3)cc2)cc1. The molecule has 0 N–H and O–H groups in total. The van der Waals surface area contributed by atoms with Crippen molar-refractivity contribution in [2.24, 2.45) is 0 Å². The zero-order valence-electron chi connectivity index (χ0n) is 33.6. The molecule has 0 radical (unpaired) electrons. The Morgan fingerprint density at radius 2 is 0.581 bits per heavy atom. The highest BCUT2D eigenvalue weighted by Crippen LogP contribution is 2.41. The second-order valence-electron chi connectivity index (χ2n) is 15.6. The van der Waals surface area contributed by atoms with E-state index in [-0.39, 0.29) is 0 Å². The maximum atomic E-state index is 5.38. The number of hydrogen-bond donors (Lipinski definition) is 0. The maximum Gasteiger partial charge on any atom is 0.238 e. The van der Waals surface area contributed by atoms with Crippen LogP contribution in [0.15, 0.2) is 224 Å². The molecule has 0 atom stereocenters. The first-order valence-electron chi connectivity index (χ1n) is 20.9. The molecule has 0 fully saturated rings. The summed E-state index contributed by atoms with van der Waals surface area (Å²) >= 11 is 0. The Balaban J connectivity index is 1.07. The Morgan fingerprint density at radius 1 is 0.242 bits per heavy atom. The van der Waals surface area contributed by atoms with E-state index in [1.807, 2.05) is 12.1 Å². The minimum absolute atomic E-state index is 0.557. The predicted octanol–water partition coefficient (Wildman–Crippen LogP) is 14.4. The lowest BCUT2D eigenvalue weighted by Gasteiger charge is -2.13. The quantitative estimate of drug-likeness (QED) is 0.162. The molecule has 0 aliphatic rings. The number of benzene rings is 9. The predicted molar refractivity (Wildman–Crippen MR) is 256 cm³/mol. The summed E-state index contributed by atoms with van der Waals surface area (Å²) in [5.74, 6) is 1.76. The van der Waals surface area contributed by atoms with E-state index in [9.17, 15) is 0 Å². The van der Waals surface area contributed by atoms with Gasteiger partial charge in [0.25, 0.3) is 0 Å². The Bertz CT molecular complexity index is 3570. The maximum absolute atomic E-state index is 5.38. The first-order chi connectivity index (χ1) is 30.7. The van der Waals surface area contributed by atoms with E-state index < -0.39 is 0 Å². The second kappa shape index (κ2) is 14.7. The van der Waals surface area contributed by atoms with Gasteiger partial charge in [0.15, 0.2) is 11.6 Å². The summed E-state index contributed by atoms with van der Waals surface area (Å²) in [4.78, 5) is 16.0. The van der Waals surface area contributed by atoms with Crippen LogP contribution in [-0.4, -0.2) is 24.1 Å². The molecule has 0 unspecified atom stereocenters. The summed E-state index contributed by atoms with van der Waals surface area (Å²) in [5.41, 5.74) is 14.2. The summed E-state index contributed by atoms with van der Waals surface area (Å²) in [6, 6.07) is 79.2. The number of aromatic nitrogens is 5. The van der Waals surface area contributed by atoms with Gasteiger partial charge in [-0.2, -0.15) is 9.97 Å². The highest BCUT2D eigenvalue weighted by Gasteiger charge is 2.23. The molecular weight excluding hydrogens is 755 g/mol. The van der Waals surface area contributed by atoms with Gasteiger partial charge in [0.05, 0.1) is 22.1 Å². The highest BCUT2D eigenvalue weighted by atomic mass is 15.2. The zero-order valence-corrected chi connectivity index (χ0v) is 33.6. The van der Waals surface area contributed by atoms with Crippen LogP contribution in [0.3, 0.4) is 0 Å². The van der Waals surface area contributed by atoms with Crippen LogP contribution in [0.4, 0.5) is 0 Å². The number of hydrogen-bond acceptors (Lipinski definition) is 3. The number of para-hydroxylation sites is 3. The Kier molecular flexibility index (Phi) is 8.42. The van der Waals surface area contributed by atoms with Crippen LogP contribution in [0, 0.1) is 0 Å². The Morgan fingerprint density at radius 3 is 1.03 bits per heavy atom. The molecule has 5 nitrogen and oxygen atoms in total. The molecular formula is C57H37N5. The lowest BCUT2D eigenvalue weighted by Crippen LogP contribution is -2.07. The topological polar surface area (TPSA) is 48.5 Å². The summed E-state index contributed by atoms with van der Waals surface area (Å²) in [6.45, 7) is 0. The van der Waals surface area contributed by atoms with Crippen molar-refractivity contribution in [3.63, 3.8) is 0 Å². The van der Waals surface area contributed by atoms with Crippen LogP contribution in [0.1, 0.15) is 0 Å². The number of rotatable bonds is 7. The molecule has 62 heavy (non-hydrogen) atoms. The largest absolute Gasteiger partial charge is 0.307 e. The standard InChI is InChI=1S/C57H37N5/c1-4-14-38(15-5-1)40-24-26-42(27-25-40)43-30-34-45(35-31-43)56-58-55(44-32-28-41(29-33-44)39-16-6-2-7-17-39)59-57(60-56)62-52-23-13-11-21-48(52)50-37-36-49-47-20-10-12-22-51(47)61(53(49)54(50)62)46-18-8-3-9-19-46/h1-37H. The molecule has 0 bridgehead atoms. The Labute approximate surface area is 358 Å². The van der Waals surface area contributed by atoms with Gasteiger partial charge in [0.2, 0.25) is 5.95 Å². The van der Waals surface area contributed by atoms with E-state index >= 15 is 0 Å². The summed E-state index contributed by atoms with van der Waals surface area (Å²) < 4.78 is 4.64. The van der Waals surface area contributed by atoms with Gasteiger partial charge in [0.1, 0.15) is 0 Å². The van der Waals surface area contributed by atoms with Crippen molar-refractivity contribution in [1.29, 1.82) is 0 Å². The first-order valence-corrected chi connectivity index (χ1v) is 20.9. The van der Waals surface area contributed by atoms with E-state index in [0.717, 1.165) is 71.9 Å². The smallest absolute Gasteiger partial charge is 0.238 e. The van der Waals surface area contributed by atoms with Gasteiger partial charge in [-0.1, -0.05) is 200 Å². The third-order valence-electron chi connectivity index (χ3n) is 12.0. The van der Waals surface area contributed by atoms with Crippen molar-refractivity contribution in [3.05, 3.63) is 224 Å². The van der Waals surface area contributed by atoms with Gasteiger partial charge in [-0.25, -0.2) is 4.98 Å². The number of nitrogens with zero attached hydrogens (tertiary/aromatic N) is 5. The summed E-state index contributed by atoms with van der Waals surface area (Å²) in [5, 5.41) is 4.62. The minimum atomic E-state index is 0.557. The van der Waals surface area contributed by atoms with Crippen LogP contribution in [0.2, 0.25) is 0 Å². The van der Waals surface area contributed by atoms with E-state index in [1.54, 1.807) is 0 Å². The number of fused-ring (bicyclic) bond motifs is 7. The lowest BCUT2D eigenvalue weighted by atomic mass is 9.99. The molecule has 0 spiro atoms. The zero-order chi connectivity index (χ0) is 41.0. The van der Waals surface area contributed by atoms with Crippen LogP contribution in [0.25, 0.3) is 111 Å². The van der Waals surface area contributed by atoms with Crippen LogP contribution < -0.4 is 0 Å². The molecule has 12 aromatic rings. The van der Waals surface area contributed by atoms with Gasteiger partial charge in [-0.05, 0) is 57.6 Å². The molecule has 12 rings (SSSR count). The minimum Gasteiger partial charge on any atom is -0.307 e. The van der Waals surface area contributed by atoms with Crippen molar-refractivity contribution >= 4 is 43.6 Å². The Hall–Kier alpha value is -8.41. The average molecular weight is 792 g/mol. The van der Waals surface area contributed by atoms with Gasteiger partial charge >= 0.3 is 0 Å². The van der Waals surface area contributed by atoms with Gasteiger partial charge in [-0.3, -0.25) is 4.57 Å². The van der Waals surface area contributed by atoms with Crippen molar-refractivity contribution in [2.75, 3.05) is 0 Å². The van der Waals surface area contributed by atoms with E-state index in [0.29, 0.717) is 17.6 Å². The highest BCUT2D eigenvalue weighted by molar-refractivity contribution is 6.23. The molecule has 0 saturated carbocycles. The lowest BCUT2D eigenvalue weighted by molar-refractivity contribution is 0.953. The molecule has 0 saturated heterocycles. The fraction of sp³-hybridized carbons (Fsp3) is 0. The molecule has 9 aromatic carbocycles. The fourth-order valence-corrected chi connectivity index (χ4v) is 9.02.